The van der Waals surface area contributed by atoms with E-state index >= 15 is 0 Å². The Morgan fingerprint density at radius 3 is 2.61 bits per heavy atom. The molecule has 2 aromatic rings. The van der Waals surface area contributed by atoms with E-state index in [1.54, 1.807) is 0 Å². The topological polar surface area (TPSA) is 35.2 Å². The van der Waals surface area contributed by atoms with E-state index in [1.165, 1.54) is 5.56 Å². The van der Waals surface area contributed by atoms with Gasteiger partial charge in [0.25, 0.3) is 0 Å². The lowest BCUT2D eigenvalue weighted by Crippen LogP contribution is -1.95. The zero-order chi connectivity index (χ0) is 12.6. The predicted octanol–water partition coefficient (Wildman–Crippen LogP) is 3.24. The van der Waals surface area contributed by atoms with Gasteiger partial charge in [-0.05, 0) is 23.3 Å². The van der Waals surface area contributed by atoms with Crippen LogP contribution in [-0.4, -0.2) is 6.54 Å². The van der Waals surface area contributed by atoms with E-state index in [1.807, 2.05) is 54.6 Å². The van der Waals surface area contributed by atoms with E-state index in [9.17, 15) is 0 Å². The molecule has 0 fully saturated rings. The number of benzene rings is 2. The average Bonchev–Trinajstić information content (AvgIpc) is 2.44. The van der Waals surface area contributed by atoms with Gasteiger partial charge in [0.15, 0.2) is 0 Å². The van der Waals surface area contributed by atoms with Crippen LogP contribution in [0.4, 0.5) is 0 Å². The number of hydrogen-bond donors (Lipinski definition) is 1. The van der Waals surface area contributed by atoms with Crippen molar-refractivity contribution in [1.82, 2.24) is 0 Å². The minimum atomic E-state index is 0.551. The molecule has 0 heterocycles. The third-order valence-corrected chi connectivity index (χ3v) is 2.55. The Kier molecular flexibility index (Phi) is 4.56. The highest BCUT2D eigenvalue weighted by atomic mass is 16.5. The van der Waals surface area contributed by atoms with Crippen molar-refractivity contribution in [2.24, 2.45) is 5.73 Å². The first-order valence-corrected chi connectivity index (χ1v) is 6.02. The summed E-state index contributed by atoms with van der Waals surface area (Å²) >= 11 is 0. The van der Waals surface area contributed by atoms with Crippen molar-refractivity contribution in [1.29, 1.82) is 0 Å². The molecule has 2 rings (SSSR count). The Balaban J connectivity index is 1.99. The molecule has 18 heavy (non-hydrogen) atoms. The minimum Gasteiger partial charge on any atom is -0.489 e. The lowest BCUT2D eigenvalue weighted by molar-refractivity contribution is 0.306. The summed E-state index contributed by atoms with van der Waals surface area (Å²) in [6.07, 6.45) is 3.92. The van der Waals surface area contributed by atoms with Crippen LogP contribution < -0.4 is 10.5 Å². The second-order valence-corrected chi connectivity index (χ2v) is 3.98. The van der Waals surface area contributed by atoms with E-state index < -0.39 is 0 Å². The van der Waals surface area contributed by atoms with Crippen molar-refractivity contribution in [2.45, 2.75) is 6.61 Å². The Bertz CT molecular complexity index is 506. The van der Waals surface area contributed by atoms with Gasteiger partial charge in [-0.15, -0.1) is 0 Å². The average molecular weight is 239 g/mol. The van der Waals surface area contributed by atoms with Gasteiger partial charge in [-0.2, -0.15) is 0 Å². The SMILES string of the molecule is NC/C=C/c1cccc(OCc2ccccc2)c1. The molecule has 92 valence electrons. The number of nitrogens with two attached hydrogens (primary N) is 1. The summed E-state index contributed by atoms with van der Waals surface area (Å²) in [6.45, 7) is 1.14. The highest BCUT2D eigenvalue weighted by Crippen LogP contribution is 2.16. The molecule has 0 radical (unpaired) electrons. The van der Waals surface area contributed by atoms with Crippen molar-refractivity contribution in [3.05, 3.63) is 71.8 Å². The first kappa shape index (κ1) is 12.4. The lowest BCUT2D eigenvalue weighted by atomic mass is 10.2. The summed E-state index contributed by atoms with van der Waals surface area (Å²) in [6, 6.07) is 18.1. The van der Waals surface area contributed by atoms with E-state index in [2.05, 4.69) is 12.1 Å². The predicted molar refractivity (Wildman–Crippen MR) is 75.3 cm³/mol. The van der Waals surface area contributed by atoms with Gasteiger partial charge in [-0.25, -0.2) is 0 Å². The Labute approximate surface area is 108 Å². The van der Waals surface area contributed by atoms with Crippen LogP contribution in [0.2, 0.25) is 0 Å². The molecule has 2 heteroatoms. The van der Waals surface area contributed by atoms with Crippen molar-refractivity contribution < 1.29 is 4.74 Å². The van der Waals surface area contributed by atoms with Crippen molar-refractivity contribution in [3.63, 3.8) is 0 Å². The van der Waals surface area contributed by atoms with Crippen LogP contribution in [0, 0.1) is 0 Å². The second-order valence-electron chi connectivity index (χ2n) is 3.98. The molecule has 2 nitrogen and oxygen atoms in total. The van der Waals surface area contributed by atoms with Gasteiger partial charge in [-0.3, -0.25) is 0 Å². The van der Waals surface area contributed by atoms with Crippen LogP contribution in [0.5, 0.6) is 5.75 Å². The molecular formula is C16H17NO. The normalized spacial score (nSPS) is 10.7. The summed E-state index contributed by atoms with van der Waals surface area (Å²) in [5, 5.41) is 0. The molecule has 0 atom stereocenters. The van der Waals surface area contributed by atoms with Gasteiger partial charge in [-0.1, -0.05) is 54.6 Å². The lowest BCUT2D eigenvalue weighted by Gasteiger charge is -2.06. The summed E-state index contributed by atoms with van der Waals surface area (Å²) in [7, 11) is 0. The number of hydrogen-bond acceptors (Lipinski definition) is 2. The van der Waals surface area contributed by atoms with Crippen LogP contribution in [0.15, 0.2) is 60.7 Å². The molecular weight excluding hydrogens is 222 g/mol. The van der Waals surface area contributed by atoms with Crippen LogP contribution in [0.25, 0.3) is 6.08 Å². The third-order valence-electron chi connectivity index (χ3n) is 2.55. The molecule has 0 unspecified atom stereocenters. The van der Waals surface area contributed by atoms with Crippen LogP contribution >= 0.6 is 0 Å². The van der Waals surface area contributed by atoms with Crippen LogP contribution in [0.3, 0.4) is 0 Å². The zero-order valence-electron chi connectivity index (χ0n) is 10.3. The standard InChI is InChI=1S/C16H17NO/c17-11-5-9-14-8-4-10-16(12-14)18-13-15-6-2-1-3-7-15/h1-10,12H,11,13,17H2/b9-5+. The van der Waals surface area contributed by atoms with E-state index in [-0.39, 0.29) is 0 Å². The molecule has 0 saturated carbocycles. The first-order chi connectivity index (χ1) is 8.88. The summed E-state index contributed by atoms with van der Waals surface area (Å²) < 4.78 is 5.75. The van der Waals surface area contributed by atoms with Crippen LogP contribution in [-0.2, 0) is 6.61 Å². The molecule has 2 aromatic carbocycles. The van der Waals surface area contributed by atoms with Gasteiger partial charge in [0.2, 0.25) is 0 Å². The quantitative estimate of drug-likeness (QED) is 0.869. The largest absolute Gasteiger partial charge is 0.489 e. The highest BCUT2D eigenvalue weighted by Gasteiger charge is 1.96. The van der Waals surface area contributed by atoms with E-state index in [0.29, 0.717) is 13.2 Å². The van der Waals surface area contributed by atoms with E-state index in [0.717, 1.165) is 11.3 Å². The van der Waals surface area contributed by atoms with Crippen LogP contribution in [0.1, 0.15) is 11.1 Å². The van der Waals surface area contributed by atoms with Gasteiger partial charge < -0.3 is 10.5 Å². The molecule has 0 amide bonds. The van der Waals surface area contributed by atoms with Crippen molar-refractivity contribution >= 4 is 6.08 Å². The fourth-order valence-electron chi connectivity index (χ4n) is 1.65. The Morgan fingerprint density at radius 2 is 1.83 bits per heavy atom. The highest BCUT2D eigenvalue weighted by molar-refractivity contribution is 5.51. The molecule has 2 N–H and O–H groups in total. The fourth-order valence-corrected chi connectivity index (χ4v) is 1.65. The number of ether oxygens (including phenoxy) is 1. The molecule has 0 spiro atoms. The van der Waals surface area contributed by atoms with Gasteiger partial charge >= 0.3 is 0 Å². The summed E-state index contributed by atoms with van der Waals surface area (Å²) in [4.78, 5) is 0. The Morgan fingerprint density at radius 1 is 1.00 bits per heavy atom. The first-order valence-electron chi connectivity index (χ1n) is 6.02. The monoisotopic (exact) mass is 239 g/mol. The summed E-state index contributed by atoms with van der Waals surface area (Å²) in [5.74, 6) is 0.873. The van der Waals surface area contributed by atoms with Crippen molar-refractivity contribution in [2.75, 3.05) is 6.54 Å². The fraction of sp³-hybridized carbons (Fsp3) is 0.125. The molecule has 0 aliphatic heterocycles. The van der Waals surface area contributed by atoms with Crippen molar-refractivity contribution in [3.8, 4) is 5.75 Å². The second kappa shape index (κ2) is 6.62. The zero-order valence-corrected chi connectivity index (χ0v) is 10.3. The maximum atomic E-state index is 5.75. The Hall–Kier alpha value is -2.06. The molecule has 0 aromatic heterocycles. The molecule has 0 aliphatic carbocycles. The van der Waals surface area contributed by atoms with E-state index in [4.69, 9.17) is 10.5 Å². The smallest absolute Gasteiger partial charge is 0.120 e. The summed E-state index contributed by atoms with van der Waals surface area (Å²) in [5.41, 5.74) is 7.70. The molecule has 0 bridgehead atoms. The third kappa shape index (κ3) is 3.75. The molecule has 0 saturated heterocycles. The van der Waals surface area contributed by atoms with Gasteiger partial charge in [0.1, 0.15) is 12.4 Å². The maximum absolute atomic E-state index is 5.75. The minimum absolute atomic E-state index is 0.551. The maximum Gasteiger partial charge on any atom is 0.120 e. The van der Waals surface area contributed by atoms with Gasteiger partial charge in [0.05, 0.1) is 0 Å². The molecule has 0 aliphatic rings. The number of rotatable bonds is 5. The van der Waals surface area contributed by atoms with Gasteiger partial charge in [0, 0.05) is 6.54 Å².